The number of halogens is 1. The van der Waals surface area contributed by atoms with Gasteiger partial charge in [-0.25, -0.2) is 4.39 Å². The Morgan fingerprint density at radius 3 is 2.26 bits per heavy atom. The minimum absolute atomic E-state index is 0.0376. The quantitative estimate of drug-likeness (QED) is 0.249. The van der Waals surface area contributed by atoms with Crippen LogP contribution in [-0.2, 0) is 11.3 Å². The van der Waals surface area contributed by atoms with Crippen molar-refractivity contribution in [2.24, 2.45) is 5.73 Å². The molecule has 0 unspecified atom stereocenters. The molecule has 1 aromatic heterocycles. The molecule has 3 amide bonds. The highest BCUT2D eigenvalue weighted by atomic mass is 32.1. The van der Waals surface area contributed by atoms with Crippen LogP contribution in [-0.4, -0.2) is 34.3 Å². The molecule has 0 aliphatic rings. The maximum atomic E-state index is 14.0. The van der Waals surface area contributed by atoms with Crippen LogP contribution in [0.1, 0.15) is 37.3 Å². The maximum Gasteiger partial charge on any atom is 0.273 e. The van der Waals surface area contributed by atoms with Gasteiger partial charge in [0, 0.05) is 12.2 Å². The van der Waals surface area contributed by atoms with Crippen molar-refractivity contribution < 1.29 is 28.6 Å². The number of ether oxygens (including phenoxy) is 1. The Kier molecular flexibility index (Phi) is 8.06. The van der Waals surface area contributed by atoms with Crippen LogP contribution in [0.4, 0.5) is 15.8 Å². The molecular formula is C27H24FN5O5S. The van der Waals surface area contributed by atoms with Gasteiger partial charge in [-0.05, 0) is 71.2 Å². The number of rotatable bonds is 9. The fraction of sp³-hybridized carbons (Fsp3) is 0.111. The Balaban J connectivity index is 1.81. The molecule has 4 aromatic rings. The van der Waals surface area contributed by atoms with Crippen molar-refractivity contribution in [3.8, 4) is 11.5 Å². The summed E-state index contributed by atoms with van der Waals surface area (Å²) in [6, 6.07) is 16.5. The second kappa shape index (κ2) is 11.6. The second-order valence-corrected chi connectivity index (χ2v) is 9.12. The Morgan fingerprint density at radius 1 is 1.05 bits per heavy atom. The van der Waals surface area contributed by atoms with Gasteiger partial charge in [0.15, 0.2) is 5.69 Å². The number of methoxy groups -OCH3 is 1. The first-order chi connectivity index (χ1) is 18.7. The topological polar surface area (TPSA) is 161 Å². The summed E-state index contributed by atoms with van der Waals surface area (Å²) in [5, 5.41) is 12.6. The minimum atomic E-state index is -1.26. The molecule has 0 saturated heterocycles. The highest BCUT2D eigenvalue weighted by molar-refractivity contribution is 7.09. The second-order valence-electron chi connectivity index (χ2n) is 8.35. The highest BCUT2D eigenvalue weighted by Crippen LogP contribution is 2.34. The fourth-order valence-corrected chi connectivity index (χ4v) is 4.57. The zero-order valence-corrected chi connectivity index (χ0v) is 21.4. The first-order valence-electron chi connectivity index (χ1n) is 11.5. The van der Waals surface area contributed by atoms with Crippen molar-refractivity contribution in [2.75, 3.05) is 17.7 Å². The summed E-state index contributed by atoms with van der Waals surface area (Å²) in [6.07, 6.45) is 0. The van der Waals surface area contributed by atoms with Crippen molar-refractivity contribution in [1.29, 1.82) is 0 Å². The van der Waals surface area contributed by atoms with Gasteiger partial charge in [0.2, 0.25) is 5.91 Å². The standard InChI is InChI=1S/C27H24FN5O5S/c1-38-20-12-8-18(9-13-20)33(27(37)24-21(29)22(25(30)35)32-39-24)23(16-4-10-19(34)11-5-16)26(36)31-14-15-2-6-17(28)7-3-15/h2-13,23,34H,14,29H2,1H3,(H2,30,35)(H,31,36)/t23-/m1/s1. The van der Waals surface area contributed by atoms with Gasteiger partial charge in [-0.2, -0.15) is 4.37 Å². The Morgan fingerprint density at radius 2 is 1.69 bits per heavy atom. The van der Waals surface area contributed by atoms with E-state index in [1.54, 1.807) is 24.3 Å². The van der Waals surface area contributed by atoms with Crippen molar-refractivity contribution in [2.45, 2.75) is 12.6 Å². The predicted octanol–water partition coefficient (Wildman–Crippen LogP) is 3.38. The largest absolute Gasteiger partial charge is 0.508 e. The van der Waals surface area contributed by atoms with Crippen LogP contribution in [0.3, 0.4) is 0 Å². The van der Waals surface area contributed by atoms with Gasteiger partial charge in [0.1, 0.15) is 28.2 Å². The van der Waals surface area contributed by atoms with E-state index < -0.39 is 29.6 Å². The van der Waals surface area contributed by atoms with E-state index in [4.69, 9.17) is 16.2 Å². The number of anilines is 2. The first-order valence-corrected chi connectivity index (χ1v) is 12.3. The van der Waals surface area contributed by atoms with E-state index in [0.717, 1.165) is 0 Å². The number of nitrogen functional groups attached to an aromatic ring is 1. The lowest BCUT2D eigenvalue weighted by molar-refractivity contribution is -0.122. The number of primary amides is 1. The SMILES string of the molecule is COc1ccc(N(C(=O)c2snc(C(N)=O)c2N)[C@@H](C(=O)NCc2ccc(F)cc2)c2ccc(O)cc2)cc1. The number of amides is 3. The van der Waals surface area contributed by atoms with Crippen LogP contribution < -0.4 is 26.4 Å². The van der Waals surface area contributed by atoms with Gasteiger partial charge in [0.05, 0.1) is 12.8 Å². The van der Waals surface area contributed by atoms with Crippen LogP contribution in [0, 0.1) is 5.82 Å². The summed E-state index contributed by atoms with van der Waals surface area (Å²) in [5.41, 5.74) is 12.3. The lowest BCUT2D eigenvalue weighted by Gasteiger charge is -2.31. The molecule has 0 fully saturated rings. The zero-order chi connectivity index (χ0) is 28.1. The molecule has 0 bridgehead atoms. The predicted molar refractivity (Wildman–Crippen MR) is 144 cm³/mol. The Bertz CT molecular complexity index is 1490. The molecule has 200 valence electrons. The summed E-state index contributed by atoms with van der Waals surface area (Å²) in [5.74, 6) is -2.12. The average molecular weight is 550 g/mol. The van der Waals surface area contributed by atoms with Gasteiger partial charge in [-0.1, -0.05) is 24.3 Å². The highest BCUT2D eigenvalue weighted by Gasteiger charge is 2.36. The van der Waals surface area contributed by atoms with Crippen molar-refractivity contribution in [3.05, 3.63) is 100 Å². The molecule has 10 nitrogen and oxygen atoms in total. The summed E-state index contributed by atoms with van der Waals surface area (Å²) >= 11 is 0.683. The molecule has 6 N–H and O–H groups in total. The van der Waals surface area contributed by atoms with Crippen molar-refractivity contribution in [1.82, 2.24) is 9.69 Å². The molecule has 0 spiro atoms. The summed E-state index contributed by atoms with van der Waals surface area (Å²) in [4.78, 5) is 40.6. The van der Waals surface area contributed by atoms with Gasteiger partial charge in [-0.15, -0.1) is 0 Å². The molecule has 0 saturated carbocycles. The van der Waals surface area contributed by atoms with E-state index in [9.17, 15) is 23.9 Å². The van der Waals surface area contributed by atoms with E-state index in [1.165, 1.54) is 60.5 Å². The number of benzene rings is 3. The number of phenols is 1. The number of hydrogen-bond donors (Lipinski definition) is 4. The van der Waals surface area contributed by atoms with Gasteiger partial charge < -0.3 is 26.6 Å². The summed E-state index contributed by atoms with van der Waals surface area (Å²) in [7, 11) is 1.49. The van der Waals surface area contributed by atoms with E-state index in [2.05, 4.69) is 9.69 Å². The van der Waals surface area contributed by atoms with Crippen LogP contribution in [0.25, 0.3) is 0 Å². The van der Waals surface area contributed by atoms with E-state index in [-0.39, 0.29) is 28.6 Å². The number of carbonyl (C=O) groups is 3. The average Bonchev–Trinajstić information content (AvgIpc) is 3.33. The molecule has 39 heavy (non-hydrogen) atoms. The van der Waals surface area contributed by atoms with Crippen LogP contribution in [0.5, 0.6) is 11.5 Å². The van der Waals surface area contributed by atoms with Gasteiger partial charge in [0.25, 0.3) is 11.8 Å². The van der Waals surface area contributed by atoms with Crippen molar-refractivity contribution >= 4 is 40.6 Å². The Hall–Kier alpha value is -4.97. The lowest BCUT2D eigenvalue weighted by atomic mass is 10.0. The van der Waals surface area contributed by atoms with Crippen molar-refractivity contribution in [3.63, 3.8) is 0 Å². The number of phenolic OH excluding ortho intramolecular Hbond substituents is 1. The number of hydrogen-bond acceptors (Lipinski definition) is 8. The Labute approximate surface area is 226 Å². The smallest absolute Gasteiger partial charge is 0.273 e. The number of nitrogens with zero attached hydrogens (tertiary/aromatic N) is 2. The molecule has 4 rings (SSSR count). The molecular weight excluding hydrogens is 525 g/mol. The van der Waals surface area contributed by atoms with Crippen LogP contribution >= 0.6 is 11.5 Å². The van der Waals surface area contributed by atoms with Crippen LogP contribution in [0.2, 0.25) is 0 Å². The van der Waals surface area contributed by atoms with Crippen LogP contribution in [0.15, 0.2) is 72.8 Å². The molecule has 12 heteroatoms. The van der Waals surface area contributed by atoms with E-state index in [1.807, 2.05) is 0 Å². The van der Waals surface area contributed by atoms with Gasteiger partial charge >= 0.3 is 0 Å². The molecule has 0 radical (unpaired) electrons. The molecule has 1 heterocycles. The first kappa shape index (κ1) is 27.1. The summed E-state index contributed by atoms with van der Waals surface area (Å²) < 4.78 is 22.5. The summed E-state index contributed by atoms with van der Waals surface area (Å²) in [6.45, 7) is 0.0485. The number of nitrogens with one attached hydrogen (secondary N) is 1. The molecule has 3 aromatic carbocycles. The normalized spacial score (nSPS) is 11.4. The third-order valence-corrected chi connectivity index (χ3v) is 6.67. The molecule has 1 atom stereocenters. The fourth-order valence-electron chi connectivity index (χ4n) is 3.83. The van der Waals surface area contributed by atoms with E-state index in [0.29, 0.717) is 34.1 Å². The minimum Gasteiger partial charge on any atom is -0.508 e. The lowest BCUT2D eigenvalue weighted by Crippen LogP contribution is -2.44. The molecule has 0 aliphatic heterocycles. The number of aromatic nitrogens is 1. The van der Waals surface area contributed by atoms with Gasteiger partial charge in [-0.3, -0.25) is 19.3 Å². The maximum absolute atomic E-state index is 14.0. The number of aromatic hydroxyl groups is 1. The third-order valence-electron chi connectivity index (χ3n) is 5.82. The molecule has 0 aliphatic carbocycles. The number of carbonyl (C=O) groups excluding carboxylic acids is 3. The zero-order valence-electron chi connectivity index (χ0n) is 20.6. The number of nitrogens with two attached hydrogens (primary N) is 2. The monoisotopic (exact) mass is 549 g/mol. The van der Waals surface area contributed by atoms with E-state index >= 15 is 0 Å². The third kappa shape index (κ3) is 5.96.